The Bertz CT molecular complexity index is 645. The number of benzene rings is 1. The molecule has 0 spiro atoms. The van der Waals surface area contributed by atoms with Gasteiger partial charge in [0.25, 0.3) is 0 Å². The highest BCUT2D eigenvalue weighted by molar-refractivity contribution is 7.89. The van der Waals surface area contributed by atoms with Crippen molar-refractivity contribution in [1.29, 1.82) is 0 Å². The van der Waals surface area contributed by atoms with Gasteiger partial charge in [0.05, 0.1) is 10.5 Å². The summed E-state index contributed by atoms with van der Waals surface area (Å²) in [5, 5.41) is 17.6. The first kappa shape index (κ1) is 17.2. The summed E-state index contributed by atoms with van der Waals surface area (Å²) in [6.07, 6.45) is -7.91. The molecule has 1 unspecified atom stereocenters. The number of aliphatic hydroxyl groups is 1. The zero-order valence-electron chi connectivity index (χ0n) is 10.3. The Kier molecular flexibility index (Phi) is 4.81. The second-order valence-electron chi connectivity index (χ2n) is 3.97. The highest BCUT2D eigenvalue weighted by Crippen LogP contribution is 2.21. The molecule has 1 aromatic rings. The Balaban J connectivity index is 3.07. The number of rotatable bonds is 5. The molecule has 0 bridgehead atoms. The van der Waals surface area contributed by atoms with E-state index in [4.69, 9.17) is 15.9 Å². The number of nitrogens with one attached hydrogen (secondary N) is 1. The lowest BCUT2D eigenvalue weighted by molar-refractivity contribution is -0.200. The van der Waals surface area contributed by atoms with Gasteiger partial charge in [0, 0.05) is 12.2 Å². The number of halogens is 3. The van der Waals surface area contributed by atoms with Crippen molar-refractivity contribution < 1.29 is 36.6 Å². The SMILES string of the molecule is Nc1ccc(S(=O)(=O)NCC(O)C(F)(F)F)c(C(=O)O)c1. The fourth-order valence-electron chi connectivity index (χ4n) is 1.33. The minimum absolute atomic E-state index is 0.0262. The van der Waals surface area contributed by atoms with Crippen LogP contribution in [0.15, 0.2) is 23.1 Å². The summed E-state index contributed by atoms with van der Waals surface area (Å²) in [6, 6.07) is 2.79. The first-order valence-electron chi connectivity index (χ1n) is 5.32. The van der Waals surface area contributed by atoms with E-state index < -0.39 is 45.3 Å². The number of anilines is 1. The zero-order valence-corrected chi connectivity index (χ0v) is 11.1. The second-order valence-corrected chi connectivity index (χ2v) is 5.71. The fraction of sp³-hybridized carbons (Fsp3) is 0.300. The van der Waals surface area contributed by atoms with E-state index in [0.29, 0.717) is 0 Å². The molecule has 0 aliphatic carbocycles. The second kappa shape index (κ2) is 5.87. The van der Waals surface area contributed by atoms with E-state index in [1.54, 1.807) is 0 Å². The van der Waals surface area contributed by atoms with Gasteiger partial charge in [0.2, 0.25) is 10.0 Å². The van der Waals surface area contributed by atoms with Gasteiger partial charge in [0.1, 0.15) is 0 Å². The standard InChI is InChI=1S/C10H11F3N2O5S/c11-10(12,13)8(16)4-15-21(19,20)7-2-1-5(14)3-6(7)9(17)18/h1-3,8,15-16H,4,14H2,(H,17,18). The van der Waals surface area contributed by atoms with E-state index in [2.05, 4.69) is 0 Å². The van der Waals surface area contributed by atoms with E-state index in [-0.39, 0.29) is 5.69 Å². The maximum atomic E-state index is 12.1. The van der Waals surface area contributed by atoms with Crippen molar-refractivity contribution in [2.24, 2.45) is 0 Å². The van der Waals surface area contributed by atoms with Gasteiger partial charge in [-0.05, 0) is 18.2 Å². The molecule has 0 aliphatic rings. The number of carbonyl (C=O) groups is 1. The first-order valence-corrected chi connectivity index (χ1v) is 6.80. The van der Waals surface area contributed by atoms with Crippen molar-refractivity contribution in [3.8, 4) is 0 Å². The summed E-state index contributed by atoms with van der Waals surface area (Å²) in [5.74, 6) is -1.61. The van der Waals surface area contributed by atoms with E-state index in [1.165, 1.54) is 4.72 Å². The number of alkyl halides is 3. The molecular weight excluding hydrogens is 317 g/mol. The third-order valence-electron chi connectivity index (χ3n) is 2.37. The maximum absolute atomic E-state index is 12.1. The van der Waals surface area contributed by atoms with Crippen LogP contribution in [-0.4, -0.2) is 43.4 Å². The van der Waals surface area contributed by atoms with Gasteiger partial charge in [0.15, 0.2) is 6.10 Å². The Morgan fingerprint density at radius 3 is 2.43 bits per heavy atom. The van der Waals surface area contributed by atoms with Gasteiger partial charge in [-0.3, -0.25) is 0 Å². The Morgan fingerprint density at radius 2 is 1.95 bits per heavy atom. The van der Waals surface area contributed by atoms with Crippen molar-refractivity contribution >= 4 is 21.7 Å². The molecule has 0 aliphatic heterocycles. The van der Waals surface area contributed by atoms with Gasteiger partial charge in [-0.1, -0.05) is 0 Å². The number of nitrogens with two attached hydrogens (primary N) is 1. The molecule has 118 valence electrons. The van der Waals surface area contributed by atoms with E-state index >= 15 is 0 Å². The van der Waals surface area contributed by atoms with Gasteiger partial charge < -0.3 is 15.9 Å². The molecule has 1 aromatic carbocycles. The number of aliphatic hydroxyl groups excluding tert-OH is 1. The minimum atomic E-state index is -5.00. The number of carboxylic acid groups (broad SMARTS) is 1. The summed E-state index contributed by atoms with van der Waals surface area (Å²) >= 11 is 0. The quantitative estimate of drug-likeness (QED) is 0.570. The summed E-state index contributed by atoms with van der Waals surface area (Å²) < 4.78 is 61.4. The van der Waals surface area contributed by atoms with Crippen molar-refractivity contribution in [2.45, 2.75) is 17.2 Å². The molecule has 11 heteroatoms. The smallest absolute Gasteiger partial charge is 0.415 e. The Morgan fingerprint density at radius 1 is 1.38 bits per heavy atom. The normalized spacial score (nSPS) is 13.9. The summed E-state index contributed by atoms with van der Waals surface area (Å²) in [6.45, 7) is -1.34. The van der Waals surface area contributed by atoms with Crippen LogP contribution in [0.2, 0.25) is 0 Å². The van der Waals surface area contributed by atoms with Crippen molar-refractivity contribution in [3.63, 3.8) is 0 Å². The van der Waals surface area contributed by atoms with Crippen molar-refractivity contribution in [3.05, 3.63) is 23.8 Å². The topological polar surface area (TPSA) is 130 Å². The first-order chi connectivity index (χ1) is 9.45. The largest absolute Gasteiger partial charge is 0.478 e. The predicted molar refractivity (Wildman–Crippen MR) is 65.1 cm³/mol. The maximum Gasteiger partial charge on any atom is 0.415 e. The highest BCUT2D eigenvalue weighted by Gasteiger charge is 2.39. The highest BCUT2D eigenvalue weighted by atomic mass is 32.2. The van der Waals surface area contributed by atoms with E-state index in [1.807, 2.05) is 0 Å². The average Bonchev–Trinajstić information content (AvgIpc) is 2.34. The minimum Gasteiger partial charge on any atom is -0.478 e. The van der Waals surface area contributed by atoms with Gasteiger partial charge in [-0.25, -0.2) is 17.9 Å². The van der Waals surface area contributed by atoms with Crippen molar-refractivity contribution in [1.82, 2.24) is 4.72 Å². The fourth-order valence-corrected chi connectivity index (χ4v) is 2.55. The van der Waals surface area contributed by atoms with Gasteiger partial charge in [-0.2, -0.15) is 13.2 Å². The Hall–Kier alpha value is -1.85. The Labute approximate surface area is 117 Å². The number of nitrogen functional groups attached to an aromatic ring is 1. The van der Waals surface area contributed by atoms with Crippen LogP contribution in [0.5, 0.6) is 0 Å². The molecule has 1 rings (SSSR count). The molecule has 0 radical (unpaired) electrons. The van der Waals surface area contributed by atoms with Gasteiger partial charge in [-0.15, -0.1) is 0 Å². The third kappa shape index (κ3) is 4.31. The van der Waals surface area contributed by atoms with Crippen LogP contribution in [0.1, 0.15) is 10.4 Å². The molecule has 21 heavy (non-hydrogen) atoms. The number of carboxylic acids is 1. The summed E-state index contributed by atoms with van der Waals surface area (Å²) in [5.41, 5.74) is 4.60. The van der Waals surface area contributed by atoms with Crippen LogP contribution in [0.3, 0.4) is 0 Å². The number of hydrogen-bond donors (Lipinski definition) is 4. The lowest BCUT2D eigenvalue weighted by Gasteiger charge is -2.16. The molecule has 0 amide bonds. The zero-order chi connectivity index (χ0) is 16.4. The van der Waals surface area contributed by atoms with Crippen LogP contribution in [0.4, 0.5) is 18.9 Å². The number of hydrogen-bond acceptors (Lipinski definition) is 5. The van der Waals surface area contributed by atoms with Crippen LogP contribution < -0.4 is 10.5 Å². The average molecular weight is 328 g/mol. The van der Waals surface area contributed by atoms with E-state index in [9.17, 15) is 26.4 Å². The molecule has 0 fully saturated rings. The van der Waals surface area contributed by atoms with Gasteiger partial charge >= 0.3 is 12.1 Å². The van der Waals surface area contributed by atoms with Crippen LogP contribution in [0, 0.1) is 0 Å². The monoisotopic (exact) mass is 328 g/mol. The van der Waals surface area contributed by atoms with Crippen LogP contribution >= 0.6 is 0 Å². The number of sulfonamides is 1. The molecule has 1 atom stereocenters. The van der Waals surface area contributed by atoms with E-state index in [0.717, 1.165) is 18.2 Å². The molecule has 0 saturated carbocycles. The lowest BCUT2D eigenvalue weighted by Crippen LogP contribution is -2.40. The third-order valence-corrected chi connectivity index (χ3v) is 3.85. The molecule has 7 nitrogen and oxygen atoms in total. The van der Waals surface area contributed by atoms with Crippen molar-refractivity contribution in [2.75, 3.05) is 12.3 Å². The van der Waals surface area contributed by atoms with Crippen LogP contribution in [0.25, 0.3) is 0 Å². The molecule has 0 saturated heterocycles. The number of aromatic carboxylic acids is 1. The summed E-state index contributed by atoms with van der Waals surface area (Å²) in [7, 11) is -4.55. The van der Waals surface area contributed by atoms with Crippen LogP contribution in [-0.2, 0) is 10.0 Å². The summed E-state index contributed by atoms with van der Waals surface area (Å²) in [4.78, 5) is 10.2. The lowest BCUT2D eigenvalue weighted by atomic mass is 10.2. The molecule has 0 heterocycles. The molecular formula is C10H11F3N2O5S. The predicted octanol–water partition coefficient (Wildman–Crippen LogP) is 0.168. The molecule has 5 N–H and O–H groups in total. The molecule has 0 aromatic heterocycles.